The minimum atomic E-state index is -0.944. The Morgan fingerprint density at radius 1 is 1.40 bits per heavy atom. The number of halogens is 1. The van der Waals surface area contributed by atoms with Gasteiger partial charge in [-0.1, -0.05) is 12.1 Å². The standard InChI is InChI=1S/C13H14FN3O2S/c1-19-6-11-15-12(20-16-11)17-7-13(18,8-17)9-2-4-10(14)5-3-9/h2-5,18H,6-8H2,1H3. The van der Waals surface area contributed by atoms with E-state index in [4.69, 9.17) is 4.74 Å². The van der Waals surface area contributed by atoms with Crippen molar-refractivity contribution >= 4 is 16.7 Å². The first-order valence-corrected chi connectivity index (χ1v) is 6.93. The lowest BCUT2D eigenvalue weighted by Gasteiger charge is -2.46. The van der Waals surface area contributed by atoms with Crippen LogP contribution in [0.1, 0.15) is 11.4 Å². The minimum absolute atomic E-state index is 0.304. The number of ether oxygens (including phenoxy) is 1. The Morgan fingerprint density at radius 2 is 2.10 bits per heavy atom. The molecule has 106 valence electrons. The summed E-state index contributed by atoms with van der Waals surface area (Å²) in [6.07, 6.45) is 0. The van der Waals surface area contributed by atoms with Crippen molar-refractivity contribution < 1.29 is 14.2 Å². The molecular weight excluding hydrogens is 281 g/mol. The summed E-state index contributed by atoms with van der Waals surface area (Å²) in [5.74, 6) is 0.339. The average Bonchev–Trinajstić information content (AvgIpc) is 2.85. The lowest BCUT2D eigenvalue weighted by atomic mass is 9.86. The van der Waals surface area contributed by atoms with E-state index >= 15 is 0 Å². The topological polar surface area (TPSA) is 58.5 Å². The van der Waals surface area contributed by atoms with Gasteiger partial charge in [-0.2, -0.15) is 4.37 Å². The van der Waals surface area contributed by atoms with E-state index in [2.05, 4.69) is 9.36 Å². The first-order valence-electron chi connectivity index (χ1n) is 6.16. The zero-order valence-corrected chi connectivity index (χ0v) is 11.7. The Hall–Kier alpha value is -1.57. The molecule has 0 saturated carbocycles. The van der Waals surface area contributed by atoms with Crippen LogP contribution < -0.4 is 4.90 Å². The fraction of sp³-hybridized carbons (Fsp3) is 0.385. The highest BCUT2D eigenvalue weighted by Gasteiger charge is 2.44. The molecule has 0 radical (unpaired) electrons. The maximum absolute atomic E-state index is 12.9. The van der Waals surface area contributed by atoms with Gasteiger partial charge in [0.1, 0.15) is 18.0 Å². The van der Waals surface area contributed by atoms with E-state index in [1.807, 2.05) is 4.90 Å². The Morgan fingerprint density at radius 3 is 2.75 bits per heavy atom. The molecule has 0 aliphatic carbocycles. The first kappa shape index (κ1) is 13.4. The van der Waals surface area contributed by atoms with E-state index in [1.54, 1.807) is 19.2 Å². The molecule has 0 atom stereocenters. The fourth-order valence-electron chi connectivity index (χ4n) is 2.22. The van der Waals surface area contributed by atoms with E-state index in [0.29, 0.717) is 25.5 Å². The van der Waals surface area contributed by atoms with E-state index in [9.17, 15) is 9.50 Å². The quantitative estimate of drug-likeness (QED) is 0.927. The van der Waals surface area contributed by atoms with Crippen molar-refractivity contribution in [3.05, 3.63) is 41.5 Å². The second-order valence-electron chi connectivity index (χ2n) is 4.82. The van der Waals surface area contributed by atoms with Crippen LogP contribution in [0.5, 0.6) is 0 Å². The zero-order chi connectivity index (χ0) is 14.2. The number of methoxy groups -OCH3 is 1. The van der Waals surface area contributed by atoms with Gasteiger partial charge < -0.3 is 14.7 Å². The van der Waals surface area contributed by atoms with Gasteiger partial charge in [0.15, 0.2) is 5.82 Å². The molecule has 0 unspecified atom stereocenters. The number of anilines is 1. The molecule has 1 N–H and O–H groups in total. The molecule has 20 heavy (non-hydrogen) atoms. The number of aliphatic hydroxyl groups is 1. The molecular formula is C13H14FN3O2S. The molecule has 1 fully saturated rings. The third-order valence-corrected chi connectivity index (χ3v) is 4.10. The molecule has 2 aromatic rings. The van der Waals surface area contributed by atoms with Gasteiger partial charge in [0.05, 0.1) is 13.1 Å². The highest BCUT2D eigenvalue weighted by Crippen LogP contribution is 2.36. The van der Waals surface area contributed by atoms with Crippen LogP contribution in [0.4, 0.5) is 9.52 Å². The molecule has 1 aliphatic rings. The van der Waals surface area contributed by atoms with Gasteiger partial charge in [-0.05, 0) is 17.7 Å². The van der Waals surface area contributed by atoms with Crippen molar-refractivity contribution in [1.82, 2.24) is 9.36 Å². The molecule has 7 heteroatoms. The van der Waals surface area contributed by atoms with Crippen LogP contribution >= 0.6 is 11.5 Å². The Bertz CT molecular complexity index is 596. The normalized spacial score (nSPS) is 17.1. The van der Waals surface area contributed by atoms with E-state index in [0.717, 1.165) is 10.7 Å². The van der Waals surface area contributed by atoms with Crippen LogP contribution in [0.15, 0.2) is 24.3 Å². The van der Waals surface area contributed by atoms with Crippen molar-refractivity contribution in [2.45, 2.75) is 12.2 Å². The van der Waals surface area contributed by atoms with Gasteiger partial charge in [0, 0.05) is 18.6 Å². The highest BCUT2D eigenvalue weighted by molar-refractivity contribution is 7.09. The third-order valence-electron chi connectivity index (χ3n) is 3.29. The average molecular weight is 295 g/mol. The number of hydrogen-bond acceptors (Lipinski definition) is 6. The summed E-state index contributed by atoms with van der Waals surface area (Å²) in [7, 11) is 1.59. The number of aromatic nitrogens is 2. The Balaban J connectivity index is 1.68. The Kier molecular flexibility index (Phi) is 3.41. The third kappa shape index (κ3) is 2.39. The summed E-state index contributed by atoms with van der Waals surface area (Å²) in [6, 6.07) is 5.95. The number of benzene rings is 1. The first-order chi connectivity index (χ1) is 9.60. The number of hydrogen-bond donors (Lipinski definition) is 1. The smallest absolute Gasteiger partial charge is 0.205 e. The number of β-amino-alcohol motifs (C(OH)–C–C–N with tert-alkyl or cyclic N) is 1. The van der Waals surface area contributed by atoms with Crippen molar-refractivity contribution in [3.63, 3.8) is 0 Å². The number of rotatable bonds is 4. The summed E-state index contributed by atoms with van der Waals surface area (Å²) in [6.45, 7) is 1.24. The fourth-order valence-corrected chi connectivity index (χ4v) is 2.90. The lowest BCUT2D eigenvalue weighted by molar-refractivity contribution is 0.00743. The van der Waals surface area contributed by atoms with E-state index in [-0.39, 0.29) is 5.82 Å². The maximum atomic E-state index is 12.9. The molecule has 2 heterocycles. The van der Waals surface area contributed by atoms with Crippen LogP contribution in [0, 0.1) is 5.82 Å². The molecule has 1 aromatic carbocycles. The zero-order valence-electron chi connectivity index (χ0n) is 10.9. The van der Waals surface area contributed by atoms with E-state index in [1.165, 1.54) is 23.7 Å². The van der Waals surface area contributed by atoms with Crippen molar-refractivity contribution in [2.24, 2.45) is 0 Å². The SMILES string of the molecule is COCc1nsc(N2CC(O)(c3ccc(F)cc3)C2)n1. The van der Waals surface area contributed by atoms with Gasteiger partial charge in [0.2, 0.25) is 5.13 Å². The van der Waals surface area contributed by atoms with Crippen LogP contribution in [-0.2, 0) is 16.9 Å². The van der Waals surface area contributed by atoms with Gasteiger partial charge >= 0.3 is 0 Å². The molecule has 3 rings (SSSR count). The van der Waals surface area contributed by atoms with Crippen LogP contribution in [0.25, 0.3) is 0 Å². The summed E-state index contributed by atoms with van der Waals surface area (Å²) in [5, 5.41) is 11.2. The summed E-state index contributed by atoms with van der Waals surface area (Å²) >= 11 is 1.29. The monoisotopic (exact) mass is 295 g/mol. The van der Waals surface area contributed by atoms with Gasteiger partial charge in [-0.3, -0.25) is 0 Å². The highest BCUT2D eigenvalue weighted by atomic mass is 32.1. The van der Waals surface area contributed by atoms with Gasteiger partial charge in [-0.25, -0.2) is 9.37 Å². The summed E-state index contributed by atoms with van der Waals surface area (Å²) < 4.78 is 22.0. The minimum Gasteiger partial charge on any atom is -0.381 e. The Labute approximate surface area is 119 Å². The van der Waals surface area contributed by atoms with E-state index < -0.39 is 5.60 Å². The van der Waals surface area contributed by atoms with Crippen molar-refractivity contribution in [3.8, 4) is 0 Å². The molecule has 5 nitrogen and oxygen atoms in total. The van der Waals surface area contributed by atoms with Gasteiger partial charge in [0.25, 0.3) is 0 Å². The van der Waals surface area contributed by atoms with Crippen molar-refractivity contribution in [2.75, 3.05) is 25.1 Å². The molecule has 1 aromatic heterocycles. The second kappa shape index (κ2) is 5.08. The molecule has 0 bridgehead atoms. The maximum Gasteiger partial charge on any atom is 0.205 e. The van der Waals surface area contributed by atoms with Crippen LogP contribution in [-0.4, -0.2) is 34.7 Å². The van der Waals surface area contributed by atoms with Crippen molar-refractivity contribution in [1.29, 1.82) is 0 Å². The second-order valence-corrected chi connectivity index (χ2v) is 5.55. The van der Waals surface area contributed by atoms with Crippen LogP contribution in [0.3, 0.4) is 0 Å². The molecule has 1 aliphatic heterocycles. The molecule has 1 saturated heterocycles. The summed E-state index contributed by atoms with van der Waals surface area (Å²) in [5.41, 5.74) is -0.224. The predicted molar refractivity (Wildman–Crippen MR) is 73.1 cm³/mol. The predicted octanol–water partition coefficient (Wildman–Crippen LogP) is 1.53. The van der Waals surface area contributed by atoms with Crippen LogP contribution in [0.2, 0.25) is 0 Å². The lowest BCUT2D eigenvalue weighted by Crippen LogP contribution is -2.59. The number of nitrogens with zero attached hydrogens (tertiary/aromatic N) is 3. The largest absolute Gasteiger partial charge is 0.381 e. The molecule has 0 spiro atoms. The summed E-state index contributed by atoms with van der Waals surface area (Å²) in [4.78, 5) is 6.28. The van der Waals surface area contributed by atoms with Gasteiger partial charge in [-0.15, -0.1) is 0 Å². The molecule has 0 amide bonds.